The molecule has 0 spiro atoms. The summed E-state index contributed by atoms with van der Waals surface area (Å²) in [6.45, 7) is 3.10. The highest BCUT2D eigenvalue weighted by Gasteiger charge is 2.20. The van der Waals surface area contributed by atoms with Crippen molar-refractivity contribution >= 4 is 21.6 Å². The number of nitrogens with one attached hydrogen (secondary N) is 2. The SMILES string of the molecule is CCCCc1ccc(NC(=O)c2ccc(S(=O)(=O)NCC3CCCO3)cc2)cc1. The van der Waals surface area contributed by atoms with Gasteiger partial charge >= 0.3 is 0 Å². The van der Waals surface area contributed by atoms with Crippen molar-refractivity contribution in [1.29, 1.82) is 0 Å². The van der Waals surface area contributed by atoms with E-state index >= 15 is 0 Å². The lowest BCUT2D eigenvalue weighted by molar-refractivity contribution is 0.102. The van der Waals surface area contributed by atoms with Crippen LogP contribution in [0.3, 0.4) is 0 Å². The maximum Gasteiger partial charge on any atom is 0.255 e. The van der Waals surface area contributed by atoms with E-state index in [1.54, 1.807) is 0 Å². The molecule has 1 aliphatic heterocycles. The van der Waals surface area contributed by atoms with Crippen molar-refractivity contribution in [3.8, 4) is 0 Å². The van der Waals surface area contributed by atoms with Crippen LogP contribution < -0.4 is 10.0 Å². The van der Waals surface area contributed by atoms with Crippen molar-refractivity contribution in [3.05, 3.63) is 59.7 Å². The van der Waals surface area contributed by atoms with E-state index in [1.807, 2.05) is 24.3 Å². The van der Waals surface area contributed by atoms with Crippen LogP contribution in [0, 0.1) is 0 Å². The summed E-state index contributed by atoms with van der Waals surface area (Å²) in [5.41, 5.74) is 2.36. The Kier molecular flexibility index (Phi) is 7.41. The molecule has 1 amide bonds. The molecular weight excluding hydrogens is 388 g/mol. The molecule has 29 heavy (non-hydrogen) atoms. The molecule has 3 rings (SSSR count). The number of hydrogen-bond donors (Lipinski definition) is 2. The largest absolute Gasteiger partial charge is 0.377 e. The second kappa shape index (κ2) is 10.0. The number of unbranched alkanes of at least 4 members (excludes halogenated alkanes) is 1. The number of benzene rings is 2. The summed E-state index contributed by atoms with van der Waals surface area (Å²) >= 11 is 0. The zero-order chi connectivity index (χ0) is 20.7. The number of amides is 1. The molecule has 0 aliphatic carbocycles. The van der Waals surface area contributed by atoms with Gasteiger partial charge in [0.1, 0.15) is 0 Å². The lowest BCUT2D eigenvalue weighted by Crippen LogP contribution is -2.31. The Labute approximate surface area is 172 Å². The summed E-state index contributed by atoms with van der Waals surface area (Å²) in [4.78, 5) is 12.6. The quantitative estimate of drug-likeness (QED) is 0.652. The first-order valence-electron chi connectivity index (χ1n) is 10.1. The highest BCUT2D eigenvalue weighted by Crippen LogP contribution is 2.16. The van der Waals surface area contributed by atoms with Crippen molar-refractivity contribution in [1.82, 2.24) is 4.72 Å². The van der Waals surface area contributed by atoms with Crippen LogP contribution >= 0.6 is 0 Å². The predicted octanol–water partition coefficient (Wildman–Crippen LogP) is 3.74. The Balaban J connectivity index is 1.57. The summed E-state index contributed by atoms with van der Waals surface area (Å²) in [5.74, 6) is -0.275. The normalized spacial score (nSPS) is 16.7. The summed E-state index contributed by atoms with van der Waals surface area (Å²) in [5, 5.41) is 2.84. The number of sulfonamides is 1. The van der Waals surface area contributed by atoms with Gasteiger partial charge in [-0.05, 0) is 67.6 Å². The fourth-order valence-corrected chi connectivity index (χ4v) is 4.28. The Morgan fingerprint density at radius 1 is 1.10 bits per heavy atom. The highest BCUT2D eigenvalue weighted by molar-refractivity contribution is 7.89. The molecule has 2 N–H and O–H groups in total. The molecule has 0 aromatic heterocycles. The predicted molar refractivity (Wildman–Crippen MR) is 114 cm³/mol. The van der Waals surface area contributed by atoms with E-state index in [0.717, 1.165) is 32.1 Å². The maximum absolute atomic E-state index is 12.4. The molecule has 1 atom stereocenters. The lowest BCUT2D eigenvalue weighted by Gasteiger charge is -2.12. The van der Waals surface area contributed by atoms with E-state index in [1.165, 1.54) is 29.8 Å². The Morgan fingerprint density at radius 2 is 1.83 bits per heavy atom. The van der Waals surface area contributed by atoms with Crippen molar-refractivity contribution in [2.45, 2.75) is 50.0 Å². The number of carbonyl (C=O) groups is 1. The van der Waals surface area contributed by atoms with Crippen molar-refractivity contribution in [3.63, 3.8) is 0 Å². The van der Waals surface area contributed by atoms with Gasteiger partial charge in [-0.15, -0.1) is 0 Å². The second-order valence-corrected chi connectivity index (χ2v) is 9.03. The molecule has 0 radical (unpaired) electrons. The minimum absolute atomic E-state index is 0.0665. The van der Waals surface area contributed by atoms with E-state index < -0.39 is 10.0 Å². The molecule has 1 fully saturated rings. The molecule has 6 nitrogen and oxygen atoms in total. The lowest BCUT2D eigenvalue weighted by atomic mass is 10.1. The zero-order valence-electron chi connectivity index (χ0n) is 16.7. The number of aryl methyl sites for hydroxylation is 1. The van der Waals surface area contributed by atoms with Crippen LogP contribution in [0.2, 0.25) is 0 Å². The standard InChI is InChI=1S/C22H28N2O4S/c1-2-3-5-17-7-11-19(12-8-17)24-22(25)18-9-13-21(14-10-18)29(26,27)23-16-20-6-4-15-28-20/h7-14,20,23H,2-6,15-16H2,1H3,(H,24,25). The minimum atomic E-state index is -3.62. The third-order valence-electron chi connectivity index (χ3n) is 4.98. The third-order valence-corrected chi connectivity index (χ3v) is 6.42. The minimum Gasteiger partial charge on any atom is -0.377 e. The molecule has 7 heteroatoms. The van der Waals surface area contributed by atoms with Crippen molar-refractivity contribution in [2.75, 3.05) is 18.5 Å². The Morgan fingerprint density at radius 3 is 2.45 bits per heavy atom. The van der Waals surface area contributed by atoms with Gasteiger partial charge in [-0.3, -0.25) is 4.79 Å². The van der Waals surface area contributed by atoms with Gasteiger partial charge in [0, 0.05) is 24.4 Å². The highest BCUT2D eigenvalue weighted by atomic mass is 32.2. The second-order valence-electron chi connectivity index (χ2n) is 7.27. The number of hydrogen-bond acceptors (Lipinski definition) is 4. The average Bonchev–Trinajstić information content (AvgIpc) is 3.26. The number of rotatable bonds is 9. The fraction of sp³-hybridized carbons (Fsp3) is 0.409. The van der Waals surface area contributed by atoms with E-state index in [0.29, 0.717) is 17.9 Å². The summed E-state index contributed by atoms with van der Waals surface area (Å²) in [7, 11) is -3.62. The van der Waals surface area contributed by atoms with E-state index in [9.17, 15) is 13.2 Å². The van der Waals surface area contributed by atoms with Gasteiger partial charge in [0.05, 0.1) is 11.0 Å². The first kappa shape index (κ1) is 21.5. The average molecular weight is 417 g/mol. The van der Waals surface area contributed by atoms with Gasteiger partial charge in [0.25, 0.3) is 5.91 Å². The van der Waals surface area contributed by atoms with Crippen LogP contribution in [0.5, 0.6) is 0 Å². The smallest absolute Gasteiger partial charge is 0.255 e. The monoisotopic (exact) mass is 416 g/mol. The molecule has 1 heterocycles. The number of anilines is 1. The first-order valence-corrected chi connectivity index (χ1v) is 11.6. The molecular formula is C22H28N2O4S. The molecule has 156 valence electrons. The van der Waals surface area contributed by atoms with E-state index in [4.69, 9.17) is 4.74 Å². The number of carbonyl (C=O) groups excluding carboxylic acids is 1. The fourth-order valence-electron chi connectivity index (χ4n) is 3.22. The molecule has 2 aromatic carbocycles. The van der Waals surface area contributed by atoms with Crippen LogP contribution in [-0.2, 0) is 21.2 Å². The van der Waals surface area contributed by atoms with Crippen LogP contribution in [0.15, 0.2) is 53.4 Å². The van der Waals surface area contributed by atoms with Crippen LogP contribution in [0.4, 0.5) is 5.69 Å². The molecule has 1 aliphatic rings. The number of ether oxygens (including phenoxy) is 1. The van der Waals surface area contributed by atoms with Gasteiger partial charge in [-0.25, -0.2) is 13.1 Å². The molecule has 2 aromatic rings. The van der Waals surface area contributed by atoms with Crippen LogP contribution in [0.1, 0.15) is 48.5 Å². The van der Waals surface area contributed by atoms with E-state index in [-0.39, 0.29) is 23.5 Å². The topological polar surface area (TPSA) is 84.5 Å². The third kappa shape index (κ3) is 6.13. The van der Waals surface area contributed by atoms with Gasteiger partial charge in [0.2, 0.25) is 10.0 Å². The molecule has 1 unspecified atom stereocenters. The molecule has 0 saturated carbocycles. The summed E-state index contributed by atoms with van der Waals surface area (Å²) in [6, 6.07) is 13.7. The van der Waals surface area contributed by atoms with Gasteiger partial charge in [0.15, 0.2) is 0 Å². The van der Waals surface area contributed by atoms with Gasteiger partial charge in [-0.2, -0.15) is 0 Å². The molecule has 0 bridgehead atoms. The zero-order valence-corrected chi connectivity index (χ0v) is 17.5. The Bertz CT molecular complexity index is 903. The van der Waals surface area contributed by atoms with Gasteiger partial charge in [-0.1, -0.05) is 25.5 Å². The molecule has 1 saturated heterocycles. The Hall–Kier alpha value is -2.22. The van der Waals surface area contributed by atoms with Crippen molar-refractivity contribution < 1.29 is 17.9 Å². The maximum atomic E-state index is 12.4. The first-order chi connectivity index (χ1) is 14.0. The van der Waals surface area contributed by atoms with E-state index in [2.05, 4.69) is 17.0 Å². The van der Waals surface area contributed by atoms with Gasteiger partial charge < -0.3 is 10.1 Å². The van der Waals surface area contributed by atoms with Crippen molar-refractivity contribution in [2.24, 2.45) is 0 Å². The van der Waals surface area contributed by atoms with Crippen LogP contribution in [0.25, 0.3) is 0 Å². The van der Waals surface area contributed by atoms with Crippen LogP contribution in [-0.4, -0.2) is 33.6 Å². The summed E-state index contributed by atoms with van der Waals surface area (Å²) < 4.78 is 32.8. The summed E-state index contributed by atoms with van der Waals surface area (Å²) in [6.07, 6.45) is 5.07.